The SMILES string of the molecule is COC(C(=O)c1cccc(Cl)c1Cl)c1ccccc1. The van der Waals surface area contributed by atoms with E-state index in [-0.39, 0.29) is 10.8 Å². The Balaban J connectivity index is 2.39. The molecular formula is C15H12Cl2O2. The van der Waals surface area contributed by atoms with Gasteiger partial charge >= 0.3 is 0 Å². The number of carbonyl (C=O) groups is 1. The standard InChI is InChI=1S/C15H12Cl2O2/c1-19-15(10-6-3-2-4-7-10)14(18)11-8-5-9-12(16)13(11)17/h2-9,15H,1H3. The van der Waals surface area contributed by atoms with E-state index in [1.54, 1.807) is 18.2 Å². The largest absolute Gasteiger partial charge is 0.369 e. The Kier molecular flexibility index (Phi) is 4.59. The summed E-state index contributed by atoms with van der Waals surface area (Å²) < 4.78 is 5.30. The molecule has 0 fully saturated rings. The number of halogens is 2. The molecule has 2 nitrogen and oxygen atoms in total. The molecule has 19 heavy (non-hydrogen) atoms. The Hall–Kier alpha value is -1.35. The fourth-order valence-corrected chi connectivity index (χ4v) is 2.25. The summed E-state index contributed by atoms with van der Waals surface area (Å²) in [5.74, 6) is -0.207. The highest BCUT2D eigenvalue weighted by molar-refractivity contribution is 6.44. The van der Waals surface area contributed by atoms with Gasteiger partial charge < -0.3 is 4.74 Å². The predicted molar refractivity (Wildman–Crippen MR) is 77.0 cm³/mol. The third-order valence-corrected chi connectivity index (χ3v) is 3.61. The average Bonchev–Trinajstić information content (AvgIpc) is 2.44. The van der Waals surface area contributed by atoms with Crippen molar-refractivity contribution in [2.24, 2.45) is 0 Å². The van der Waals surface area contributed by atoms with Crippen molar-refractivity contribution >= 4 is 29.0 Å². The van der Waals surface area contributed by atoms with Gasteiger partial charge in [0.1, 0.15) is 6.10 Å². The molecule has 98 valence electrons. The Morgan fingerprint density at radius 2 is 1.74 bits per heavy atom. The van der Waals surface area contributed by atoms with Crippen LogP contribution in [0, 0.1) is 0 Å². The number of Topliss-reactive ketones (excluding diaryl/α,β-unsaturated/α-hetero) is 1. The van der Waals surface area contributed by atoms with Crippen molar-refractivity contribution in [2.75, 3.05) is 7.11 Å². The lowest BCUT2D eigenvalue weighted by Gasteiger charge is -2.15. The maximum absolute atomic E-state index is 12.5. The summed E-state index contributed by atoms with van der Waals surface area (Å²) in [4.78, 5) is 12.5. The van der Waals surface area contributed by atoms with Crippen LogP contribution >= 0.6 is 23.2 Å². The molecule has 0 aliphatic carbocycles. The lowest BCUT2D eigenvalue weighted by atomic mass is 10.00. The molecule has 0 N–H and O–H groups in total. The van der Waals surface area contributed by atoms with E-state index in [0.717, 1.165) is 5.56 Å². The first kappa shape index (κ1) is 14.1. The first-order chi connectivity index (χ1) is 9.15. The van der Waals surface area contributed by atoms with Crippen LogP contribution < -0.4 is 0 Å². The first-order valence-electron chi connectivity index (χ1n) is 5.71. The second-order valence-corrected chi connectivity index (χ2v) is 4.78. The van der Waals surface area contributed by atoms with Crippen molar-refractivity contribution in [1.82, 2.24) is 0 Å². The van der Waals surface area contributed by atoms with Gasteiger partial charge in [0.25, 0.3) is 0 Å². The van der Waals surface area contributed by atoms with Crippen molar-refractivity contribution in [3.63, 3.8) is 0 Å². The molecule has 0 saturated heterocycles. The van der Waals surface area contributed by atoms with Gasteiger partial charge in [-0.25, -0.2) is 0 Å². The molecule has 0 amide bonds. The van der Waals surface area contributed by atoms with E-state index in [1.807, 2.05) is 30.3 Å². The Morgan fingerprint density at radius 3 is 2.37 bits per heavy atom. The number of hydrogen-bond acceptors (Lipinski definition) is 2. The molecule has 0 spiro atoms. The van der Waals surface area contributed by atoms with Crippen molar-refractivity contribution < 1.29 is 9.53 Å². The maximum Gasteiger partial charge on any atom is 0.197 e. The van der Waals surface area contributed by atoms with Crippen molar-refractivity contribution in [3.8, 4) is 0 Å². The number of rotatable bonds is 4. The fraction of sp³-hybridized carbons (Fsp3) is 0.133. The van der Waals surface area contributed by atoms with E-state index >= 15 is 0 Å². The summed E-state index contributed by atoms with van der Waals surface area (Å²) >= 11 is 12.0. The second kappa shape index (κ2) is 6.20. The molecule has 2 aromatic carbocycles. The smallest absolute Gasteiger partial charge is 0.197 e. The number of hydrogen-bond donors (Lipinski definition) is 0. The van der Waals surface area contributed by atoms with Gasteiger partial charge in [-0.2, -0.15) is 0 Å². The molecule has 0 radical (unpaired) electrons. The van der Waals surface area contributed by atoms with E-state index in [4.69, 9.17) is 27.9 Å². The minimum Gasteiger partial charge on any atom is -0.369 e. The average molecular weight is 295 g/mol. The van der Waals surface area contributed by atoms with Gasteiger partial charge in [-0.05, 0) is 17.7 Å². The van der Waals surface area contributed by atoms with Crippen LogP contribution in [0.15, 0.2) is 48.5 Å². The Morgan fingerprint density at radius 1 is 1.05 bits per heavy atom. The van der Waals surface area contributed by atoms with E-state index < -0.39 is 6.10 Å². The van der Waals surface area contributed by atoms with Gasteiger partial charge in [0, 0.05) is 12.7 Å². The fourth-order valence-electron chi connectivity index (χ4n) is 1.86. The monoisotopic (exact) mass is 294 g/mol. The molecular weight excluding hydrogens is 283 g/mol. The van der Waals surface area contributed by atoms with Crippen molar-refractivity contribution in [2.45, 2.75) is 6.10 Å². The van der Waals surface area contributed by atoms with E-state index in [1.165, 1.54) is 7.11 Å². The third-order valence-electron chi connectivity index (χ3n) is 2.79. The normalized spacial score (nSPS) is 12.2. The summed E-state index contributed by atoms with van der Waals surface area (Å²) in [7, 11) is 1.49. The molecule has 0 bridgehead atoms. The minimum atomic E-state index is -0.683. The number of ketones is 1. The zero-order valence-electron chi connectivity index (χ0n) is 10.3. The van der Waals surface area contributed by atoms with E-state index in [2.05, 4.69) is 0 Å². The zero-order chi connectivity index (χ0) is 13.8. The van der Waals surface area contributed by atoms with Crippen LogP contribution in [0.5, 0.6) is 0 Å². The topological polar surface area (TPSA) is 26.3 Å². The van der Waals surface area contributed by atoms with Gasteiger partial charge in [-0.1, -0.05) is 59.6 Å². The number of methoxy groups -OCH3 is 1. The van der Waals surface area contributed by atoms with Crippen LogP contribution in [0.4, 0.5) is 0 Å². The molecule has 4 heteroatoms. The first-order valence-corrected chi connectivity index (χ1v) is 6.46. The highest BCUT2D eigenvalue weighted by atomic mass is 35.5. The quantitative estimate of drug-likeness (QED) is 0.773. The summed E-state index contributed by atoms with van der Waals surface area (Å²) in [5.41, 5.74) is 1.15. The maximum atomic E-state index is 12.5. The van der Waals surface area contributed by atoms with Crippen LogP contribution in [-0.2, 0) is 4.74 Å². The zero-order valence-corrected chi connectivity index (χ0v) is 11.8. The Labute approximate surface area is 121 Å². The van der Waals surface area contributed by atoms with E-state index in [9.17, 15) is 4.79 Å². The lowest BCUT2D eigenvalue weighted by Crippen LogP contribution is -2.15. The molecule has 2 aromatic rings. The van der Waals surface area contributed by atoms with Gasteiger partial charge in [0.05, 0.1) is 10.0 Å². The van der Waals surface area contributed by atoms with Crippen LogP contribution in [0.25, 0.3) is 0 Å². The number of carbonyl (C=O) groups excluding carboxylic acids is 1. The molecule has 2 rings (SSSR count). The lowest BCUT2D eigenvalue weighted by molar-refractivity contribution is 0.0604. The van der Waals surface area contributed by atoms with Crippen LogP contribution in [0.3, 0.4) is 0 Å². The summed E-state index contributed by atoms with van der Waals surface area (Å²) in [5, 5.41) is 0.613. The molecule has 1 unspecified atom stereocenters. The predicted octanol–water partition coefficient (Wildman–Crippen LogP) is 4.56. The molecule has 0 aromatic heterocycles. The molecule has 0 aliphatic heterocycles. The highest BCUT2D eigenvalue weighted by Gasteiger charge is 2.24. The van der Waals surface area contributed by atoms with Crippen molar-refractivity contribution in [1.29, 1.82) is 0 Å². The molecule has 0 aliphatic rings. The summed E-state index contributed by atoms with van der Waals surface area (Å²) in [6.45, 7) is 0. The Bertz CT molecular complexity index is 582. The third kappa shape index (κ3) is 2.98. The molecule has 0 heterocycles. The molecule has 0 saturated carbocycles. The van der Waals surface area contributed by atoms with Crippen LogP contribution in [-0.4, -0.2) is 12.9 Å². The second-order valence-electron chi connectivity index (χ2n) is 3.99. The summed E-state index contributed by atoms with van der Waals surface area (Å²) in [6.07, 6.45) is -0.683. The van der Waals surface area contributed by atoms with Gasteiger partial charge in [0.2, 0.25) is 0 Å². The molecule has 1 atom stereocenters. The minimum absolute atomic E-state index is 0.207. The highest BCUT2D eigenvalue weighted by Crippen LogP contribution is 2.30. The van der Waals surface area contributed by atoms with Crippen LogP contribution in [0.1, 0.15) is 22.0 Å². The van der Waals surface area contributed by atoms with Crippen molar-refractivity contribution in [3.05, 3.63) is 69.7 Å². The van der Waals surface area contributed by atoms with Crippen LogP contribution in [0.2, 0.25) is 10.0 Å². The van der Waals surface area contributed by atoms with E-state index in [0.29, 0.717) is 10.6 Å². The van der Waals surface area contributed by atoms with Gasteiger partial charge in [0.15, 0.2) is 5.78 Å². The van der Waals surface area contributed by atoms with Gasteiger partial charge in [-0.3, -0.25) is 4.79 Å². The summed E-state index contributed by atoms with van der Waals surface area (Å²) in [6, 6.07) is 14.3. The number of ether oxygens (including phenoxy) is 1. The number of benzene rings is 2. The van der Waals surface area contributed by atoms with Gasteiger partial charge in [-0.15, -0.1) is 0 Å².